The third-order valence-corrected chi connectivity index (χ3v) is 2.04. The highest BCUT2D eigenvalue weighted by Crippen LogP contribution is 2.24. The Kier molecular flexibility index (Phi) is 6.21. The number of hydrogen-bond acceptors (Lipinski definition) is 2. The number of hydrogen-bond donors (Lipinski definition) is 1. The van der Waals surface area contributed by atoms with Crippen LogP contribution in [0.25, 0.3) is 0 Å². The molecule has 6 heteroatoms. The van der Waals surface area contributed by atoms with Gasteiger partial charge in [-0.15, -0.1) is 12.4 Å². The number of methoxy groups -OCH3 is 1. The summed E-state index contributed by atoms with van der Waals surface area (Å²) in [6.07, 6.45) is -2.93. The van der Waals surface area contributed by atoms with E-state index in [4.69, 9.17) is 10.5 Å². The quantitative estimate of drug-likeness (QED) is 0.898. The van der Waals surface area contributed by atoms with Crippen LogP contribution in [0.15, 0.2) is 18.2 Å². The standard InChI is InChI=1S/C10H12F3NO.ClH/c1-15-9-4-6(2-3-7(9)11)8(14)5-10(12)13;/h2-4,8,10H,5,14H2,1H3;1H/t8-;/m0./s1. The molecule has 0 aromatic heterocycles. The van der Waals surface area contributed by atoms with E-state index in [0.29, 0.717) is 5.56 Å². The first-order valence-electron chi connectivity index (χ1n) is 4.41. The van der Waals surface area contributed by atoms with Crippen molar-refractivity contribution in [2.75, 3.05) is 7.11 Å². The number of halogens is 4. The molecule has 0 heterocycles. The lowest BCUT2D eigenvalue weighted by atomic mass is 10.0. The molecule has 0 aliphatic heterocycles. The summed E-state index contributed by atoms with van der Waals surface area (Å²) in [5.74, 6) is -0.525. The Hall–Kier alpha value is -0.940. The second-order valence-corrected chi connectivity index (χ2v) is 3.13. The molecule has 0 saturated heterocycles. The van der Waals surface area contributed by atoms with Crippen LogP contribution in [0.3, 0.4) is 0 Å². The van der Waals surface area contributed by atoms with Crippen LogP contribution in [0.5, 0.6) is 5.75 Å². The van der Waals surface area contributed by atoms with Crippen LogP contribution in [-0.4, -0.2) is 13.5 Å². The molecule has 1 atom stereocenters. The molecule has 0 unspecified atom stereocenters. The Morgan fingerprint density at radius 2 is 2.00 bits per heavy atom. The molecule has 92 valence electrons. The molecule has 0 radical (unpaired) electrons. The van der Waals surface area contributed by atoms with Gasteiger partial charge in [0.25, 0.3) is 0 Å². The monoisotopic (exact) mass is 255 g/mol. The summed E-state index contributed by atoms with van der Waals surface area (Å²) in [6, 6.07) is 3.06. The van der Waals surface area contributed by atoms with E-state index in [9.17, 15) is 13.2 Å². The predicted octanol–water partition coefficient (Wildman–Crippen LogP) is 2.91. The molecule has 1 rings (SSSR count). The summed E-state index contributed by atoms with van der Waals surface area (Å²) >= 11 is 0. The summed E-state index contributed by atoms with van der Waals surface area (Å²) in [5.41, 5.74) is 5.95. The average Bonchev–Trinajstić information content (AvgIpc) is 2.17. The molecular weight excluding hydrogens is 243 g/mol. The lowest BCUT2D eigenvalue weighted by Crippen LogP contribution is -2.14. The normalized spacial score (nSPS) is 12.1. The van der Waals surface area contributed by atoms with E-state index in [1.807, 2.05) is 0 Å². The lowest BCUT2D eigenvalue weighted by Gasteiger charge is -2.12. The van der Waals surface area contributed by atoms with Crippen LogP contribution in [0, 0.1) is 5.82 Å². The zero-order valence-corrected chi connectivity index (χ0v) is 9.44. The number of benzene rings is 1. The van der Waals surface area contributed by atoms with E-state index < -0.39 is 24.7 Å². The molecule has 0 amide bonds. The molecule has 1 aromatic rings. The van der Waals surface area contributed by atoms with Crippen LogP contribution in [0.1, 0.15) is 18.0 Å². The third-order valence-electron chi connectivity index (χ3n) is 2.04. The summed E-state index contributed by atoms with van der Waals surface area (Å²) in [5, 5.41) is 0. The van der Waals surface area contributed by atoms with Gasteiger partial charge in [-0.2, -0.15) is 0 Å². The summed E-state index contributed by atoms with van der Waals surface area (Å²) in [7, 11) is 1.31. The van der Waals surface area contributed by atoms with Crippen molar-refractivity contribution in [1.82, 2.24) is 0 Å². The van der Waals surface area contributed by atoms with Crippen molar-refractivity contribution in [3.8, 4) is 5.75 Å². The number of rotatable bonds is 4. The fraction of sp³-hybridized carbons (Fsp3) is 0.400. The van der Waals surface area contributed by atoms with Gasteiger partial charge in [-0.3, -0.25) is 0 Å². The molecule has 0 saturated carbocycles. The van der Waals surface area contributed by atoms with Gasteiger partial charge in [0, 0.05) is 12.5 Å². The molecule has 0 aliphatic carbocycles. The van der Waals surface area contributed by atoms with Crippen molar-refractivity contribution in [2.24, 2.45) is 5.73 Å². The first-order chi connectivity index (χ1) is 7.04. The first-order valence-corrected chi connectivity index (χ1v) is 4.41. The van der Waals surface area contributed by atoms with Gasteiger partial charge in [0.05, 0.1) is 7.11 Å². The Morgan fingerprint density at radius 1 is 1.38 bits per heavy atom. The summed E-state index contributed by atoms with van der Waals surface area (Å²) in [4.78, 5) is 0. The van der Waals surface area contributed by atoms with Gasteiger partial charge in [-0.25, -0.2) is 13.2 Å². The maximum absolute atomic E-state index is 13.0. The fourth-order valence-corrected chi connectivity index (χ4v) is 1.24. The zero-order chi connectivity index (χ0) is 11.4. The molecule has 0 bridgehead atoms. The first kappa shape index (κ1) is 15.1. The second kappa shape index (κ2) is 6.60. The van der Waals surface area contributed by atoms with E-state index in [-0.39, 0.29) is 18.2 Å². The highest BCUT2D eigenvalue weighted by molar-refractivity contribution is 5.85. The molecule has 0 spiro atoms. The molecule has 2 N–H and O–H groups in total. The number of ether oxygens (including phenoxy) is 1. The van der Waals surface area contributed by atoms with Crippen LogP contribution < -0.4 is 10.5 Å². The minimum atomic E-state index is -2.48. The van der Waals surface area contributed by atoms with Gasteiger partial charge in [0.2, 0.25) is 6.43 Å². The van der Waals surface area contributed by atoms with Gasteiger partial charge in [0.1, 0.15) is 0 Å². The van der Waals surface area contributed by atoms with Crippen LogP contribution in [-0.2, 0) is 0 Å². The number of nitrogens with two attached hydrogens (primary N) is 1. The van der Waals surface area contributed by atoms with Crippen LogP contribution >= 0.6 is 12.4 Å². The van der Waals surface area contributed by atoms with Crippen molar-refractivity contribution >= 4 is 12.4 Å². The fourth-order valence-electron chi connectivity index (χ4n) is 1.24. The average molecular weight is 256 g/mol. The van der Waals surface area contributed by atoms with Crippen molar-refractivity contribution in [2.45, 2.75) is 18.9 Å². The topological polar surface area (TPSA) is 35.2 Å². The Morgan fingerprint density at radius 3 is 2.50 bits per heavy atom. The maximum Gasteiger partial charge on any atom is 0.240 e. The molecule has 0 aliphatic rings. The van der Waals surface area contributed by atoms with Gasteiger partial charge >= 0.3 is 0 Å². The van der Waals surface area contributed by atoms with Crippen molar-refractivity contribution in [3.63, 3.8) is 0 Å². The minimum Gasteiger partial charge on any atom is -0.494 e. The Balaban J connectivity index is 0.00000225. The van der Waals surface area contributed by atoms with E-state index in [0.717, 1.165) is 6.07 Å². The van der Waals surface area contributed by atoms with E-state index >= 15 is 0 Å². The van der Waals surface area contributed by atoms with Gasteiger partial charge < -0.3 is 10.5 Å². The van der Waals surface area contributed by atoms with Gasteiger partial charge in [-0.1, -0.05) is 6.07 Å². The van der Waals surface area contributed by atoms with Gasteiger partial charge in [0.15, 0.2) is 11.6 Å². The molecule has 0 fully saturated rings. The van der Waals surface area contributed by atoms with E-state index in [1.165, 1.54) is 19.2 Å². The molecular formula is C10H13ClF3NO. The van der Waals surface area contributed by atoms with Crippen LogP contribution in [0.2, 0.25) is 0 Å². The Labute approximate surface area is 98.0 Å². The summed E-state index contributed by atoms with van der Waals surface area (Å²) < 4.78 is 41.8. The van der Waals surface area contributed by atoms with Crippen molar-refractivity contribution in [3.05, 3.63) is 29.6 Å². The summed E-state index contributed by atoms with van der Waals surface area (Å²) in [6.45, 7) is 0. The van der Waals surface area contributed by atoms with Crippen molar-refractivity contribution < 1.29 is 17.9 Å². The minimum absolute atomic E-state index is 0. The highest BCUT2D eigenvalue weighted by Gasteiger charge is 2.14. The largest absolute Gasteiger partial charge is 0.494 e. The second-order valence-electron chi connectivity index (χ2n) is 3.13. The molecule has 1 aromatic carbocycles. The predicted molar refractivity (Wildman–Crippen MR) is 57.7 cm³/mol. The SMILES string of the molecule is COc1cc([C@@H](N)CC(F)F)ccc1F.Cl. The maximum atomic E-state index is 13.0. The number of alkyl halides is 2. The van der Waals surface area contributed by atoms with E-state index in [1.54, 1.807) is 0 Å². The molecule has 16 heavy (non-hydrogen) atoms. The third kappa shape index (κ3) is 3.90. The van der Waals surface area contributed by atoms with Crippen LogP contribution in [0.4, 0.5) is 13.2 Å². The van der Waals surface area contributed by atoms with Gasteiger partial charge in [-0.05, 0) is 17.7 Å². The zero-order valence-electron chi connectivity index (χ0n) is 8.62. The smallest absolute Gasteiger partial charge is 0.240 e. The van der Waals surface area contributed by atoms with E-state index in [2.05, 4.69) is 0 Å². The van der Waals surface area contributed by atoms with Crippen molar-refractivity contribution in [1.29, 1.82) is 0 Å². The molecule has 2 nitrogen and oxygen atoms in total. The highest BCUT2D eigenvalue weighted by atomic mass is 35.5. The Bertz CT molecular complexity index is 336. The lowest BCUT2D eigenvalue weighted by molar-refractivity contribution is 0.128.